The first-order chi connectivity index (χ1) is 7.71. The van der Waals surface area contributed by atoms with Crippen LogP contribution in [0.1, 0.15) is 47.5 Å². The highest BCUT2D eigenvalue weighted by molar-refractivity contribution is 4.76. The molecule has 98 valence electrons. The van der Waals surface area contributed by atoms with Gasteiger partial charge in [0.15, 0.2) is 6.29 Å². The van der Waals surface area contributed by atoms with E-state index in [2.05, 4.69) is 26.1 Å². The summed E-state index contributed by atoms with van der Waals surface area (Å²) in [7, 11) is 0. The zero-order chi connectivity index (χ0) is 12.4. The molecule has 0 aromatic carbocycles. The molecule has 0 saturated carbocycles. The predicted octanol–water partition coefficient (Wildman–Crippen LogP) is 2.80. The summed E-state index contributed by atoms with van der Waals surface area (Å²) in [4.78, 5) is 0. The molecule has 0 spiro atoms. The van der Waals surface area contributed by atoms with Crippen LogP contribution < -0.4 is 5.32 Å². The van der Waals surface area contributed by atoms with Crippen molar-refractivity contribution >= 4 is 0 Å². The zero-order valence-electron chi connectivity index (χ0n) is 11.6. The summed E-state index contributed by atoms with van der Waals surface area (Å²) in [5, 5.41) is 3.49. The Morgan fingerprint density at radius 2 is 1.56 bits per heavy atom. The van der Waals surface area contributed by atoms with Gasteiger partial charge >= 0.3 is 0 Å². The summed E-state index contributed by atoms with van der Waals surface area (Å²) >= 11 is 0. The average Bonchev–Trinajstić information content (AvgIpc) is 2.26. The van der Waals surface area contributed by atoms with Crippen molar-refractivity contribution in [1.29, 1.82) is 0 Å². The van der Waals surface area contributed by atoms with Gasteiger partial charge in [0.2, 0.25) is 0 Å². The summed E-state index contributed by atoms with van der Waals surface area (Å²) in [6.45, 7) is 13.0. The second-order valence-electron chi connectivity index (χ2n) is 4.13. The Morgan fingerprint density at radius 3 is 1.94 bits per heavy atom. The molecular formula is C13H29NO2. The van der Waals surface area contributed by atoms with Crippen molar-refractivity contribution in [2.45, 2.75) is 59.8 Å². The molecule has 0 rings (SSSR count). The van der Waals surface area contributed by atoms with Crippen LogP contribution in [0, 0.1) is 5.92 Å². The summed E-state index contributed by atoms with van der Waals surface area (Å²) in [5.74, 6) is 0.577. The quantitative estimate of drug-likeness (QED) is 0.586. The highest BCUT2D eigenvalue weighted by Gasteiger charge is 2.26. The van der Waals surface area contributed by atoms with Gasteiger partial charge in [-0.25, -0.2) is 0 Å². The second kappa shape index (κ2) is 10.1. The molecule has 0 aromatic rings. The molecule has 1 N–H and O–H groups in total. The van der Waals surface area contributed by atoms with Crippen molar-refractivity contribution in [3.8, 4) is 0 Å². The van der Waals surface area contributed by atoms with Crippen LogP contribution in [-0.2, 0) is 9.47 Å². The van der Waals surface area contributed by atoms with E-state index in [1.165, 1.54) is 12.8 Å². The molecule has 3 nitrogen and oxygen atoms in total. The Labute approximate surface area is 101 Å². The Bertz CT molecular complexity index is 147. The largest absolute Gasteiger partial charge is 0.351 e. The van der Waals surface area contributed by atoms with Gasteiger partial charge in [-0.05, 0) is 32.7 Å². The van der Waals surface area contributed by atoms with E-state index >= 15 is 0 Å². The van der Waals surface area contributed by atoms with Gasteiger partial charge in [-0.3, -0.25) is 0 Å². The molecule has 2 atom stereocenters. The van der Waals surface area contributed by atoms with Gasteiger partial charge in [0.25, 0.3) is 0 Å². The van der Waals surface area contributed by atoms with E-state index in [9.17, 15) is 0 Å². The number of ether oxygens (including phenoxy) is 2. The van der Waals surface area contributed by atoms with E-state index < -0.39 is 0 Å². The van der Waals surface area contributed by atoms with Crippen LogP contribution in [0.5, 0.6) is 0 Å². The molecule has 0 bridgehead atoms. The van der Waals surface area contributed by atoms with E-state index in [1.54, 1.807) is 0 Å². The summed E-state index contributed by atoms with van der Waals surface area (Å²) < 4.78 is 11.4. The maximum absolute atomic E-state index is 5.68. The van der Waals surface area contributed by atoms with E-state index in [1.807, 2.05) is 13.8 Å². The van der Waals surface area contributed by atoms with Gasteiger partial charge in [-0.1, -0.05) is 27.2 Å². The topological polar surface area (TPSA) is 30.5 Å². The van der Waals surface area contributed by atoms with Crippen LogP contribution in [-0.4, -0.2) is 32.1 Å². The third-order valence-corrected chi connectivity index (χ3v) is 2.75. The van der Waals surface area contributed by atoms with Gasteiger partial charge in [-0.15, -0.1) is 0 Å². The summed E-state index contributed by atoms with van der Waals surface area (Å²) in [6.07, 6.45) is 2.29. The molecule has 3 heteroatoms. The number of hydrogen-bond acceptors (Lipinski definition) is 3. The fraction of sp³-hybridized carbons (Fsp3) is 1.00. The van der Waals surface area contributed by atoms with Gasteiger partial charge in [0.05, 0.1) is 6.04 Å². The van der Waals surface area contributed by atoms with E-state index in [0.717, 1.165) is 6.54 Å². The second-order valence-corrected chi connectivity index (χ2v) is 4.13. The highest BCUT2D eigenvalue weighted by atomic mass is 16.7. The Balaban J connectivity index is 4.40. The number of hydrogen-bond donors (Lipinski definition) is 1. The van der Waals surface area contributed by atoms with Crippen LogP contribution in [0.25, 0.3) is 0 Å². The zero-order valence-corrected chi connectivity index (χ0v) is 11.6. The predicted molar refractivity (Wildman–Crippen MR) is 68.6 cm³/mol. The van der Waals surface area contributed by atoms with E-state index in [-0.39, 0.29) is 6.29 Å². The smallest absolute Gasteiger partial charge is 0.172 e. The maximum atomic E-state index is 5.68. The van der Waals surface area contributed by atoms with Gasteiger partial charge in [0.1, 0.15) is 0 Å². The van der Waals surface area contributed by atoms with Gasteiger partial charge < -0.3 is 14.8 Å². The Morgan fingerprint density at radius 1 is 1.00 bits per heavy atom. The van der Waals surface area contributed by atoms with Crippen molar-refractivity contribution in [3.05, 3.63) is 0 Å². The fourth-order valence-electron chi connectivity index (χ4n) is 2.02. The van der Waals surface area contributed by atoms with Crippen molar-refractivity contribution < 1.29 is 9.47 Å². The highest BCUT2D eigenvalue weighted by Crippen LogP contribution is 2.17. The van der Waals surface area contributed by atoms with Crippen LogP contribution in [0.2, 0.25) is 0 Å². The molecule has 2 unspecified atom stereocenters. The molecule has 0 aliphatic rings. The molecule has 0 fully saturated rings. The van der Waals surface area contributed by atoms with E-state index in [4.69, 9.17) is 9.47 Å². The molecule has 0 saturated heterocycles. The molecule has 0 aliphatic carbocycles. The Kier molecular flexibility index (Phi) is 9.99. The monoisotopic (exact) mass is 231 g/mol. The molecular weight excluding hydrogens is 202 g/mol. The minimum absolute atomic E-state index is 0.114. The number of rotatable bonds is 10. The van der Waals surface area contributed by atoms with Gasteiger partial charge in [0, 0.05) is 13.2 Å². The molecule has 0 aromatic heterocycles. The lowest BCUT2D eigenvalue weighted by Gasteiger charge is -2.31. The van der Waals surface area contributed by atoms with Crippen molar-refractivity contribution in [2.24, 2.45) is 5.92 Å². The van der Waals surface area contributed by atoms with Crippen LogP contribution in [0.3, 0.4) is 0 Å². The van der Waals surface area contributed by atoms with Crippen molar-refractivity contribution in [1.82, 2.24) is 5.32 Å². The summed E-state index contributed by atoms with van der Waals surface area (Å²) in [5.41, 5.74) is 0. The fourth-order valence-corrected chi connectivity index (χ4v) is 2.02. The summed E-state index contributed by atoms with van der Waals surface area (Å²) in [6, 6.07) is 0.296. The van der Waals surface area contributed by atoms with E-state index in [0.29, 0.717) is 25.2 Å². The maximum Gasteiger partial charge on any atom is 0.172 e. The lowest BCUT2D eigenvalue weighted by Crippen LogP contribution is -2.47. The van der Waals surface area contributed by atoms with Crippen LogP contribution in [0.15, 0.2) is 0 Å². The number of likely N-dealkylation sites (N-methyl/N-ethyl adjacent to an activating group) is 1. The SMILES string of the molecule is CCCC(C)C(NCC)C(OCC)OCC. The number of nitrogens with one attached hydrogen (secondary N) is 1. The molecule has 0 aliphatic heterocycles. The lowest BCUT2D eigenvalue weighted by molar-refractivity contribution is -0.161. The third kappa shape index (κ3) is 5.83. The minimum atomic E-state index is -0.114. The van der Waals surface area contributed by atoms with Crippen molar-refractivity contribution in [2.75, 3.05) is 19.8 Å². The minimum Gasteiger partial charge on any atom is -0.351 e. The van der Waals surface area contributed by atoms with Gasteiger partial charge in [-0.2, -0.15) is 0 Å². The molecule has 16 heavy (non-hydrogen) atoms. The third-order valence-electron chi connectivity index (χ3n) is 2.75. The Hall–Kier alpha value is -0.120. The molecule has 0 heterocycles. The van der Waals surface area contributed by atoms with Crippen LogP contribution in [0.4, 0.5) is 0 Å². The molecule has 0 radical (unpaired) electrons. The lowest BCUT2D eigenvalue weighted by atomic mass is 9.96. The van der Waals surface area contributed by atoms with Crippen LogP contribution >= 0.6 is 0 Å². The molecule has 0 amide bonds. The first-order valence-corrected chi connectivity index (χ1v) is 6.67. The first-order valence-electron chi connectivity index (χ1n) is 6.67. The standard InChI is InChI=1S/C13H29NO2/c1-6-10-11(5)12(14-7-2)13(15-8-3)16-9-4/h11-14H,6-10H2,1-5H3. The first kappa shape index (κ1) is 15.9. The normalized spacial score (nSPS) is 15.4. The van der Waals surface area contributed by atoms with Crippen molar-refractivity contribution in [3.63, 3.8) is 0 Å². The average molecular weight is 231 g/mol.